The van der Waals surface area contributed by atoms with Crippen molar-refractivity contribution in [2.45, 2.75) is 32.8 Å². The van der Waals surface area contributed by atoms with E-state index < -0.39 is 0 Å². The maximum absolute atomic E-state index is 13.8. The normalized spacial score (nSPS) is 17.4. The van der Waals surface area contributed by atoms with Crippen LogP contribution in [0.1, 0.15) is 45.8 Å². The number of nitrogens with zero attached hydrogens (tertiary/aromatic N) is 2. The van der Waals surface area contributed by atoms with Crippen molar-refractivity contribution in [1.82, 2.24) is 9.59 Å². The Kier molecular flexibility index (Phi) is 3.25. The van der Waals surface area contributed by atoms with Crippen LogP contribution in [0, 0.1) is 12.7 Å². The number of rotatable bonds is 3. The summed E-state index contributed by atoms with van der Waals surface area (Å²) in [6, 6.07) is 2.88. The number of benzene rings is 1. The van der Waals surface area contributed by atoms with Gasteiger partial charge in [0, 0.05) is 12.0 Å². The van der Waals surface area contributed by atoms with Crippen LogP contribution in [0.4, 0.5) is 4.39 Å². The fourth-order valence-electron chi connectivity index (χ4n) is 2.47. The number of ether oxygens (including phenoxy) is 1. The van der Waals surface area contributed by atoms with Crippen molar-refractivity contribution >= 4 is 17.3 Å². The summed E-state index contributed by atoms with van der Waals surface area (Å²) in [7, 11) is 0. The minimum Gasteiger partial charge on any atom is -0.487 e. The van der Waals surface area contributed by atoms with E-state index in [0.717, 1.165) is 10.6 Å². The molecule has 1 aliphatic rings. The zero-order chi connectivity index (χ0) is 14.3. The van der Waals surface area contributed by atoms with Gasteiger partial charge in [-0.05, 0) is 36.5 Å². The first-order chi connectivity index (χ1) is 9.58. The van der Waals surface area contributed by atoms with Gasteiger partial charge in [0.2, 0.25) is 0 Å². The maximum atomic E-state index is 13.8. The molecule has 0 saturated heterocycles. The molecule has 1 aromatic heterocycles. The van der Waals surface area contributed by atoms with Gasteiger partial charge in [-0.2, -0.15) is 0 Å². The van der Waals surface area contributed by atoms with E-state index in [1.807, 2.05) is 13.8 Å². The van der Waals surface area contributed by atoms with E-state index in [-0.39, 0.29) is 17.5 Å². The van der Waals surface area contributed by atoms with Crippen molar-refractivity contribution in [2.24, 2.45) is 0 Å². The summed E-state index contributed by atoms with van der Waals surface area (Å²) in [5.74, 6) is -0.0288. The Hall–Kier alpha value is -1.82. The predicted octanol–water partition coefficient (Wildman–Crippen LogP) is 3.25. The van der Waals surface area contributed by atoms with E-state index in [9.17, 15) is 9.18 Å². The lowest BCUT2D eigenvalue weighted by Crippen LogP contribution is -2.02. The number of carbonyl (C=O) groups is 1. The van der Waals surface area contributed by atoms with Crippen LogP contribution in [0.5, 0.6) is 5.75 Å². The topological polar surface area (TPSA) is 52.1 Å². The van der Waals surface area contributed by atoms with Crippen LogP contribution in [0.25, 0.3) is 0 Å². The summed E-state index contributed by atoms with van der Waals surface area (Å²) in [5, 5.41) is 3.90. The lowest BCUT2D eigenvalue weighted by atomic mass is 10.0. The first-order valence-electron chi connectivity index (χ1n) is 6.34. The quantitative estimate of drug-likeness (QED) is 0.871. The van der Waals surface area contributed by atoms with Gasteiger partial charge in [-0.3, -0.25) is 4.79 Å². The van der Waals surface area contributed by atoms with Gasteiger partial charge in [0.25, 0.3) is 0 Å². The molecule has 0 spiro atoms. The minimum atomic E-state index is -0.332. The molecule has 1 aliphatic carbocycles. The molecule has 2 aromatic rings. The maximum Gasteiger partial charge on any atom is 0.167 e. The minimum absolute atomic E-state index is 0.0545. The lowest BCUT2D eigenvalue weighted by Gasteiger charge is -2.11. The lowest BCUT2D eigenvalue weighted by molar-refractivity contribution is 0.0986. The van der Waals surface area contributed by atoms with E-state index in [1.54, 1.807) is 0 Å². The van der Waals surface area contributed by atoms with Crippen LogP contribution in [-0.4, -0.2) is 15.4 Å². The summed E-state index contributed by atoms with van der Waals surface area (Å²) >= 11 is 1.26. The molecule has 0 fully saturated rings. The van der Waals surface area contributed by atoms with Gasteiger partial charge >= 0.3 is 0 Å². The molecule has 0 bridgehead atoms. The number of aryl methyl sites for hydroxylation is 1. The van der Waals surface area contributed by atoms with E-state index in [2.05, 4.69) is 9.59 Å². The summed E-state index contributed by atoms with van der Waals surface area (Å²) in [6.45, 7) is 4.00. The number of halogens is 1. The van der Waals surface area contributed by atoms with Gasteiger partial charge in [0.05, 0.1) is 16.1 Å². The smallest absolute Gasteiger partial charge is 0.167 e. The highest BCUT2D eigenvalue weighted by Crippen LogP contribution is 2.40. The largest absolute Gasteiger partial charge is 0.487 e. The summed E-state index contributed by atoms with van der Waals surface area (Å²) < 4.78 is 23.4. The van der Waals surface area contributed by atoms with Crippen molar-refractivity contribution in [3.05, 3.63) is 39.6 Å². The van der Waals surface area contributed by atoms with Crippen molar-refractivity contribution in [3.8, 4) is 5.75 Å². The highest BCUT2D eigenvalue weighted by molar-refractivity contribution is 7.05. The Morgan fingerprint density at radius 2 is 2.30 bits per heavy atom. The number of carbonyl (C=O) groups excluding carboxylic acids is 1. The average Bonchev–Trinajstić information content (AvgIpc) is 2.94. The summed E-state index contributed by atoms with van der Waals surface area (Å²) in [6.07, 6.45) is 0.341. The number of hydrogen-bond donors (Lipinski definition) is 0. The molecule has 0 N–H and O–H groups in total. The molecule has 0 radical (unpaired) electrons. The zero-order valence-corrected chi connectivity index (χ0v) is 12.0. The third kappa shape index (κ3) is 2.10. The average molecular weight is 292 g/mol. The van der Waals surface area contributed by atoms with Crippen LogP contribution >= 0.6 is 11.5 Å². The second-order valence-electron chi connectivity index (χ2n) is 4.93. The Morgan fingerprint density at radius 3 is 3.00 bits per heavy atom. The SMILES string of the molecule is Cc1nnsc1COc1ccc(F)c2c1C(=O)CC2C. The fraction of sp³-hybridized carbons (Fsp3) is 0.357. The Balaban J connectivity index is 1.92. The van der Waals surface area contributed by atoms with E-state index in [4.69, 9.17) is 4.74 Å². The van der Waals surface area contributed by atoms with Gasteiger partial charge in [-0.25, -0.2) is 4.39 Å². The number of Topliss-reactive ketones (excluding diaryl/α,β-unsaturated/α-hetero) is 1. The summed E-state index contributed by atoms with van der Waals surface area (Å²) in [4.78, 5) is 12.9. The predicted molar refractivity (Wildman–Crippen MR) is 72.7 cm³/mol. The van der Waals surface area contributed by atoms with Crippen LogP contribution in [0.2, 0.25) is 0 Å². The first kappa shape index (κ1) is 13.2. The molecule has 0 aliphatic heterocycles. The third-order valence-electron chi connectivity index (χ3n) is 3.52. The highest BCUT2D eigenvalue weighted by Gasteiger charge is 2.32. The molecule has 1 heterocycles. The zero-order valence-electron chi connectivity index (χ0n) is 11.1. The second-order valence-corrected chi connectivity index (χ2v) is 5.77. The monoisotopic (exact) mass is 292 g/mol. The Labute approximate surface area is 119 Å². The van der Waals surface area contributed by atoms with Crippen molar-refractivity contribution in [1.29, 1.82) is 0 Å². The van der Waals surface area contributed by atoms with Gasteiger partial charge in [0.1, 0.15) is 18.2 Å². The van der Waals surface area contributed by atoms with E-state index >= 15 is 0 Å². The van der Waals surface area contributed by atoms with E-state index in [0.29, 0.717) is 29.9 Å². The molecule has 104 valence electrons. The number of ketones is 1. The molecule has 0 amide bonds. The number of fused-ring (bicyclic) bond motifs is 1. The molecule has 20 heavy (non-hydrogen) atoms. The molecule has 1 aromatic carbocycles. The van der Waals surface area contributed by atoms with Gasteiger partial charge < -0.3 is 4.74 Å². The molecule has 4 nitrogen and oxygen atoms in total. The van der Waals surface area contributed by atoms with E-state index in [1.165, 1.54) is 23.7 Å². The molecule has 1 unspecified atom stereocenters. The Bertz CT molecular complexity index is 684. The van der Waals surface area contributed by atoms with Gasteiger partial charge in [-0.1, -0.05) is 11.4 Å². The highest BCUT2D eigenvalue weighted by atomic mass is 32.1. The Morgan fingerprint density at radius 1 is 1.50 bits per heavy atom. The summed E-state index contributed by atoms with van der Waals surface area (Å²) in [5.41, 5.74) is 1.69. The molecular formula is C14H13FN2O2S. The molecule has 6 heteroatoms. The van der Waals surface area contributed by atoms with Crippen molar-refractivity contribution in [3.63, 3.8) is 0 Å². The van der Waals surface area contributed by atoms with Crippen molar-refractivity contribution < 1.29 is 13.9 Å². The van der Waals surface area contributed by atoms with Crippen LogP contribution in [0.3, 0.4) is 0 Å². The fourth-order valence-corrected chi connectivity index (χ4v) is 3.02. The van der Waals surface area contributed by atoms with Gasteiger partial charge in [0.15, 0.2) is 5.78 Å². The molecular weight excluding hydrogens is 279 g/mol. The molecule has 0 saturated carbocycles. The van der Waals surface area contributed by atoms with Gasteiger partial charge in [-0.15, -0.1) is 5.10 Å². The standard InChI is InChI=1S/C14H13FN2O2S/c1-7-5-10(18)14-11(4-3-9(15)13(7)14)19-6-12-8(2)16-17-20-12/h3-4,7H,5-6H2,1-2H3. The molecule has 1 atom stereocenters. The number of aromatic nitrogens is 2. The van der Waals surface area contributed by atoms with Crippen molar-refractivity contribution in [2.75, 3.05) is 0 Å². The first-order valence-corrected chi connectivity index (χ1v) is 7.11. The van der Waals surface area contributed by atoms with Crippen LogP contribution in [-0.2, 0) is 6.61 Å². The third-order valence-corrected chi connectivity index (χ3v) is 4.32. The molecule has 3 rings (SSSR count). The van der Waals surface area contributed by atoms with Crippen LogP contribution in [0.15, 0.2) is 12.1 Å². The number of hydrogen-bond acceptors (Lipinski definition) is 5. The second kappa shape index (κ2) is 4.94. The van der Waals surface area contributed by atoms with Crippen LogP contribution < -0.4 is 4.74 Å².